The molecule has 2 rings (SSSR count). The second-order valence-corrected chi connectivity index (χ2v) is 4.31. The minimum absolute atomic E-state index is 0.130. The van der Waals surface area contributed by atoms with Crippen LogP contribution < -0.4 is 4.57 Å². The van der Waals surface area contributed by atoms with Gasteiger partial charge in [0.1, 0.15) is 7.05 Å². The van der Waals surface area contributed by atoms with E-state index in [1.165, 1.54) is 10.6 Å². The molecule has 0 aliphatic carbocycles. The van der Waals surface area contributed by atoms with Crippen LogP contribution in [0.5, 0.6) is 0 Å². The van der Waals surface area contributed by atoms with E-state index in [-0.39, 0.29) is 11.3 Å². The van der Waals surface area contributed by atoms with Crippen LogP contribution in [0.1, 0.15) is 30.6 Å². The van der Waals surface area contributed by atoms with E-state index in [1.807, 2.05) is 32.0 Å². The van der Waals surface area contributed by atoms with Gasteiger partial charge in [0.25, 0.3) is 0 Å². The molecule has 1 heteroatoms. The molecule has 88 valence electrons. The Labute approximate surface area is 112 Å². The Hall–Kier alpha value is -1.63. The smallest absolute Gasteiger partial charge is 0.198 e. The van der Waals surface area contributed by atoms with Crippen molar-refractivity contribution in [2.24, 2.45) is 7.05 Å². The molecule has 1 aromatic heterocycles. The Morgan fingerprint density at radius 1 is 0.941 bits per heavy atom. The van der Waals surface area contributed by atoms with Gasteiger partial charge in [-0.3, -0.25) is 0 Å². The Morgan fingerprint density at radius 2 is 1.65 bits per heavy atom. The maximum atomic E-state index is 7.76. The Bertz CT molecular complexity index is 723. The van der Waals surface area contributed by atoms with Crippen molar-refractivity contribution >= 4 is 0 Å². The highest BCUT2D eigenvalue weighted by atomic mass is 14.9. The van der Waals surface area contributed by atoms with Gasteiger partial charge in [-0.15, -0.1) is 0 Å². The number of pyridine rings is 1. The zero-order valence-corrected chi connectivity index (χ0v) is 10.3. The molecule has 0 saturated heterocycles. The zero-order valence-electron chi connectivity index (χ0n) is 16.3. The molecular weight excluding hydrogens is 206 g/mol. The molecule has 1 heterocycles. The lowest BCUT2D eigenvalue weighted by Gasteiger charge is -2.10. The normalized spacial score (nSPS) is 17.4. The summed E-state index contributed by atoms with van der Waals surface area (Å²) in [6, 6.07) is 8.95. The summed E-state index contributed by atoms with van der Waals surface area (Å²) in [6.07, 6.45) is 0. The predicted octanol–water partition coefficient (Wildman–Crippen LogP) is 3.41. The lowest BCUT2D eigenvalue weighted by Crippen LogP contribution is -2.35. The van der Waals surface area contributed by atoms with Crippen LogP contribution in [0.15, 0.2) is 30.3 Å². The van der Waals surface area contributed by atoms with Crippen molar-refractivity contribution in [3.63, 3.8) is 0 Å². The molecule has 2 aromatic rings. The summed E-state index contributed by atoms with van der Waals surface area (Å²) in [4.78, 5) is 0. The third-order valence-corrected chi connectivity index (χ3v) is 3.10. The van der Waals surface area contributed by atoms with Gasteiger partial charge in [0.05, 0.1) is 5.56 Å². The second-order valence-electron chi connectivity index (χ2n) is 4.31. The monoisotopic (exact) mass is 232 g/mol. The molecule has 0 spiro atoms. The van der Waals surface area contributed by atoms with Gasteiger partial charge >= 0.3 is 0 Å². The Kier molecular flexibility index (Phi) is 1.61. The van der Waals surface area contributed by atoms with Crippen molar-refractivity contribution in [2.45, 2.75) is 27.6 Å². The number of hydrogen-bond donors (Lipinski definition) is 0. The first-order valence-corrected chi connectivity index (χ1v) is 5.55. The van der Waals surface area contributed by atoms with Gasteiger partial charge in [-0.2, -0.15) is 4.57 Å². The topological polar surface area (TPSA) is 3.88 Å². The third-order valence-electron chi connectivity index (χ3n) is 3.10. The molecule has 1 aromatic carbocycles. The van der Waals surface area contributed by atoms with Crippen molar-refractivity contribution in [3.05, 3.63) is 52.7 Å². The van der Waals surface area contributed by atoms with Crippen LogP contribution in [0, 0.1) is 27.6 Å². The third kappa shape index (κ3) is 1.97. The van der Waals surface area contributed by atoms with Crippen molar-refractivity contribution in [1.82, 2.24) is 0 Å². The van der Waals surface area contributed by atoms with Gasteiger partial charge in [-0.25, -0.2) is 0 Å². The van der Waals surface area contributed by atoms with Crippen LogP contribution in [0.25, 0.3) is 11.3 Å². The molecule has 0 N–H and O–H groups in total. The highest BCUT2D eigenvalue weighted by Gasteiger charge is 2.17. The summed E-state index contributed by atoms with van der Waals surface area (Å²) < 4.78 is 47.6. The molecule has 17 heavy (non-hydrogen) atoms. The number of hydrogen-bond acceptors (Lipinski definition) is 0. The number of benzene rings is 1. The molecule has 0 amide bonds. The average Bonchev–Trinajstić information content (AvgIpc) is 2.37. The summed E-state index contributed by atoms with van der Waals surface area (Å²) in [5.41, 5.74) is 3.38. The zero-order chi connectivity index (χ0) is 17.6. The molecular formula is C16H20N+. The van der Waals surface area contributed by atoms with E-state index in [4.69, 9.17) is 8.22 Å². The molecule has 0 bridgehead atoms. The van der Waals surface area contributed by atoms with Crippen LogP contribution in [0.2, 0.25) is 0 Å². The summed E-state index contributed by atoms with van der Waals surface area (Å²) in [7, 11) is 1.61. The second kappa shape index (κ2) is 4.33. The fourth-order valence-corrected chi connectivity index (χ4v) is 2.12. The van der Waals surface area contributed by atoms with Crippen LogP contribution in [-0.2, 0) is 7.05 Å². The van der Waals surface area contributed by atoms with Gasteiger partial charge in [0.2, 0.25) is 5.69 Å². The van der Waals surface area contributed by atoms with E-state index < -0.39 is 13.7 Å². The van der Waals surface area contributed by atoms with Crippen LogP contribution in [0.4, 0.5) is 0 Å². The molecule has 0 aliphatic rings. The van der Waals surface area contributed by atoms with Gasteiger partial charge in [0.15, 0.2) is 5.69 Å². The molecule has 1 nitrogen and oxygen atoms in total. The maximum absolute atomic E-state index is 7.76. The first kappa shape index (κ1) is 6.34. The molecule has 0 fully saturated rings. The highest BCUT2D eigenvalue weighted by Crippen LogP contribution is 2.24. The fourth-order valence-electron chi connectivity index (χ4n) is 2.12. The van der Waals surface area contributed by atoms with Crippen molar-refractivity contribution in [3.8, 4) is 11.3 Å². The minimum atomic E-state index is -2.51. The summed E-state index contributed by atoms with van der Waals surface area (Å²) >= 11 is 0. The lowest BCUT2D eigenvalue weighted by atomic mass is 9.98. The largest absolute Gasteiger partial charge is 0.213 e. The lowest BCUT2D eigenvalue weighted by molar-refractivity contribution is -0.667. The van der Waals surface area contributed by atoms with Gasteiger partial charge in [-0.1, -0.05) is 18.2 Å². The predicted molar refractivity (Wildman–Crippen MR) is 72.0 cm³/mol. The van der Waals surface area contributed by atoms with Crippen LogP contribution in [-0.4, -0.2) is 0 Å². The maximum Gasteiger partial charge on any atom is 0.213 e. The molecule has 0 atom stereocenters. The number of rotatable bonds is 1. The van der Waals surface area contributed by atoms with Gasteiger partial charge < -0.3 is 0 Å². The van der Waals surface area contributed by atoms with E-state index in [1.54, 1.807) is 13.1 Å². The van der Waals surface area contributed by atoms with E-state index >= 15 is 0 Å². The quantitative estimate of drug-likeness (QED) is 0.663. The number of aryl methyl sites for hydroxylation is 3. The molecule has 0 radical (unpaired) electrons. The van der Waals surface area contributed by atoms with E-state index in [0.29, 0.717) is 5.69 Å². The highest BCUT2D eigenvalue weighted by molar-refractivity contribution is 5.65. The summed E-state index contributed by atoms with van der Waals surface area (Å²) in [5, 5.41) is 0. The fraction of sp³-hybridized carbons (Fsp3) is 0.312. The first-order chi connectivity index (χ1) is 10.4. The van der Waals surface area contributed by atoms with Crippen LogP contribution in [0.3, 0.4) is 0 Å². The molecule has 0 saturated carbocycles. The van der Waals surface area contributed by atoms with Crippen molar-refractivity contribution in [2.75, 3.05) is 0 Å². The standard InChI is InChI=1S/C16H20N/c1-11-9-10-15(17(5)14(11)4)16-12(2)7-6-8-13(16)3/h6-10H,1-5H3/q+1/i1D3,4D3. The summed E-state index contributed by atoms with van der Waals surface area (Å²) in [5.74, 6) is 0. The van der Waals surface area contributed by atoms with Crippen molar-refractivity contribution < 1.29 is 12.8 Å². The Morgan fingerprint density at radius 3 is 2.24 bits per heavy atom. The SMILES string of the molecule is [2H]C([2H])([2H])c1ccc(-c2c(C)cccc2C)[n+](C)c1C([2H])([2H])[2H]. The average molecular weight is 232 g/mol. The minimum Gasteiger partial charge on any atom is -0.198 e. The Balaban J connectivity index is 2.85. The van der Waals surface area contributed by atoms with Gasteiger partial charge in [-0.05, 0) is 37.9 Å². The first-order valence-electron chi connectivity index (χ1n) is 8.55. The van der Waals surface area contributed by atoms with Crippen molar-refractivity contribution in [1.29, 1.82) is 0 Å². The van der Waals surface area contributed by atoms with Gasteiger partial charge in [0, 0.05) is 26.7 Å². The molecule has 0 aliphatic heterocycles. The van der Waals surface area contributed by atoms with Crippen LogP contribution >= 0.6 is 0 Å². The van der Waals surface area contributed by atoms with E-state index in [0.717, 1.165) is 16.7 Å². The number of nitrogens with zero attached hydrogens (tertiary/aromatic N) is 1. The summed E-state index contributed by atoms with van der Waals surface area (Å²) in [6.45, 7) is -1.07. The van der Waals surface area contributed by atoms with E-state index in [9.17, 15) is 0 Å². The number of aromatic nitrogens is 1. The molecule has 0 unspecified atom stereocenters. The van der Waals surface area contributed by atoms with E-state index in [2.05, 4.69) is 0 Å².